The van der Waals surface area contributed by atoms with Crippen LogP contribution in [0.3, 0.4) is 0 Å². The Bertz CT molecular complexity index is 618. The summed E-state index contributed by atoms with van der Waals surface area (Å²) in [5.74, 6) is 0.273. The van der Waals surface area contributed by atoms with E-state index in [1.165, 1.54) is 0 Å². The Kier molecular flexibility index (Phi) is 4.19. The van der Waals surface area contributed by atoms with E-state index in [2.05, 4.69) is 0 Å². The molecule has 0 aliphatic rings. The normalized spacial score (nSPS) is 11.2. The monoisotopic (exact) mass is 278 g/mol. The van der Waals surface area contributed by atoms with Crippen LogP contribution in [-0.4, -0.2) is 13.0 Å². The van der Waals surface area contributed by atoms with Crippen molar-refractivity contribution in [3.05, 3.63) is 65.7 Å². The Morgan fingerprint density at radius 2 is 1.53 bits per heavy atom. The molecule has 0 aliphatic heterocycles. The maximum absolute atomic E-state index is 10.7. The Balaban J connectivity index is 1.96. The molecule has 19 heavy (non-hydrogen) atoms. The summed E-state index contributed by atoms with van der Waals surface area (Å²) in [6.45, 7) is 0.457. The van der Waals surface area contributed by atoms with Crippen molar-refractivity contribution in [3.63, 3.8) is 0 Å². The van der Waals surface area contributed by atoms with Crippen LogP contribution in [0, 0.1) is 0 Å². The largest absolute Gasteiger partial charge is 0.489 e. The molecule has 0 radical (unpaired) electrons. The summed E-state index contributed by atoms with van der Waals surface area (Å²) in [6.07, 6.45) is 0. The van der Waals surface area contributed by atoms with E-state index in [-0.39, 0.29) is 5.75 Å². The standard InChI is InChI=1S/C14H14O4S/c15-19(16,17)11-13-6-8-14(9-7-13)18-10-12-4-2-1-3-5-12/h1-9H,10-11H2,(H,15,16,17). The van der Waals surface area contributed by atoms with Crippen molar-refractivity contribution in [3.8, 4) is 5.75 Å². The molecule has 2 rings (SSSR count). The molecule has 5 heteroatoms. The van der Waals surface area contributed by atoms with Gasteiger partial charge in [0.15, 0.2) is 0 Å². The summed E-state index contributed by atoms with van der Waals surface area (Å²) in [6, 6.07) is 16.4. The van der Waals surface area contributed by atoms with Crippen molar-refractivity contribution in [2.24, 2.45) is 0 Å². The van der Waals surface area contributed by atoms with Gasteiger partial charge in [-0.3, -0.25) is 4.55 Å². The third-order valence-electron chi connectivity index (χ3n) is 2.52. The van der Waals surface area contributed by atoms with Crippen LogP contribution in [-0.2, 0) is 22.5 Å². The molecule has 0 atom stereocenters. The number of ether oxygens (including phenoxy) is 1. The summed E-state index contributed by atoms with van der Waals surface area (Å²) in [7, 11) is -3.99. The van der Waals surface area contributed by atoms with E-state index in [0.29, 0.717) is 17.9 Å². The zero-order valence-electron chi connectivity index (χ0n) is 10.2. The number of benzene rings is 2. The van der Waals surface area contributed by atoms with Crippen molar-refractivity contribution >= 4 is 10.1 Å². The van der Waals surface area contributed by atoms with Crippen LogP contribution >= 0.6 is 0 Å². The van der Waals surface area contributed by atoms with E-state index in [9.17, 15) is 8.42 Å². The Morgan fingerprint density at radius 3 is 2.11 bits per heavy atom. The van der Waals surface area contributed by atoms with Gasteiger partial charge in [0.2, 0.25) is 0 Å². The topological polar surface area (TPSA) is 63.6 Å². The highest BCUT2D eigenvalue weighted by Gasteiger charge is 2.06. The van der Waals surface area contributed by atoms with Crippen molar-refractivity contribution in [1.29, 1.82) is 0 Å². The molecule has 0 heterocycles. The maximum atomic E-state index is 10.7. The number of rotatable bonds is 5. The third-order valence-corrected chi connectivity index (χ3v) is 3.22. The van der Waals surface area contributed by atoms with Gasteiger partial charge in [0.1, 0.15) is 18.1 Å². The molecule has 0 unspecified atom stereocenters. The second kappa shape index (κ2) is 5.86. The maximum Gasteiger partial charge on any atom is 0.269 e. The highest BCUT2D eigenvalue weighted by molar-refractivity contribution is 7.85. The summed E-state index contributed by atoms with van der Waals surface area (Å²) in [4.78, 5) is 0. The Labute approximate surface area is 112 Å². The first-order valence-electron chi connectivity index (χ1n) is 5.74. The molecule has 0 saturated heterocycles. The molecular weight excluding hydrogens is 264 g/mol. The van der Waals surface area contributed by atoms with Gasteiger partial charge in [0, 0.05) is 0 Å². The van der Waals surface area contributed by atoms with Gasteiger partial charge < -0.3 is 4.74 Å². The highest BCUT2D eigenvalue weighted by Crippen LogP contribution is 2.15. The lowest BCUT2D eigenvalue weighted by Crippen LogP contribution is -2.01. The number of hydrogen-bond donors (Lipinski definition) is 1. The minimum Gasteiger partial charge on any atom is -0.489 e. The van der Waals surface area contributed by atoms with Crippen molar-refractivity contribution in [2.75, 3.05) is 0 Å². The summed E-state index contributed by atoms with van der Waals surface area (Å²) in [5, 5.41) is 0. The molecule has 0 aliphatic carbocycles. The van der Waals surface area contributed by atoms with E-state index in [0.717, 1.165) is 5.56 Å². The lowest BCUT2D eigenvalue weighted by Gasteiger charge is -2.07. The van der Waals surface area contributed by atoms with E-state index in [4.69, 9.17) is 9.29 Å². The first-order valence-corrected chi connectivity index (χ1v) is 7.35. The Hall–Kier alpha value is -1.85. The SMILES string of the molecule is O=S(=O)(O)Cc1ccc(OCc2ccccc2)cc1. The van der Waals surface area contributed by atoms with Crippen LogP contribution in [0.2, 0.25) is 0 Å². The molecule has 0 fully saturated rings. The minimum absolute atomic E-state index is 0.383. The van der Waals surface area contributed by atoms with Gasteiger partial charge in [0.25, 0.3) is 10.1 Å². The zero-order valence-corrected chi connectivity index (χ0v) is 11.0. The van der Waals surface area contributed by atoms with E-state index in [1.54, 1.807) is 24.3 Å². The van der Waals surface area contributed by atoms with Crippen LogP contribution in [0.15, 0.2) is 54.6 Å². The molecule has 0 saturated carbocycles. The van der Waals surface area contributed by atoms with Gasteiger partial charge in [0.05, 0.1) is 0 Å². The third kappa shape index (κ3) is 4.73. The molecule has 100 valence electrons. The van der Waals surface area contributed by atoms with Crippen molar-refractivity contribution in [2.45, 2.75) is 12.4 Å². The van der Waals surface area contributed by atoms with E-state index >= 15 is 0 Å². The van der Waals surface area contributed by atoms with Gasteiger partial charge in [-0.05, 0) is 23.3 Å². The second-order valence-corrected chi connectivity index (χ2v) is 5.60. The summed E-state index contributed by atoms with van der Waals surface area (Å²) >= 11 is 0. The first kappa shape index (κ1) is 13.6. The van der Waals surface area contributed by atoms with Crippen LogP contribution < -0.4 is 4.74 Å². The quantitative estimate of drug-likeness (QED) is 0.854. The lowest BCUT2D eigenvalue weighted by molar-refractivity contribution is 0.306. The Morgan fingerprint density at radius 1 is 0.895 bits per heavy atom. The zero-order chi connectivity index (χ0) is 13.7. The molecular formula is C14H14O4S. The molecule has 0 amide bonds. The number of hydrogen-bond acceptors (Lipinski definition) is 3. The molecule has 4 nitrogen and oxygen atoms in total. The van der Waals surface area contributed by atoms with Gasteiger partial charge in [-0.15, -0.1) is 0 Å². The fourth-order valence-electron chi connectivity index (χ4n) is 1.63. The average molecular weight is 278 g/mol. The predicted octanol–water partition coefficient (Wildman–Crippen LogP) is 2.65. The van der Waals surface area contributed by atoms with Crippen molar-refractivity contribution < 1.29 is 17.7 Å². The van der Waals surface area contributed by atoms with Crippen LogP contribution in [0.25, 0.3) is 0 Å². The predicted molar refractivity (Wildman–Crippen MR) is 72.5 cm³/mol. The van der Waals surface area contributed by atoms with Crippen LogP contribution in [0.1, 0.15) is 11.1 Å². The summed E-state index contributed by atoms with van der Waals surface area (Å²) < 4.78 is 35.7. The smallest absolute Gasteiger partial charge is 0.269 e. The second-order valence-electron chi connectivity index (χ2n) is 4.14. The van der Waals surface area contributed by atoms with Gasteiger partial charge in [-0.2, -0.15) is 8.42 Å². The molecule has 2 aromatic carbocycles. The van der Waals surface area contributed by atoms with E-state index < -0.39 is 10.1 Å². The fourth-order valence-corrected chi connectivity index (χ4v) is 2.25. The first-order chi connectivity index (χ1) is 9.03. The van der Waals surface area contributed by atoms with Crippen LogP contribution in [0.5, 0.6) is 5.75 Å². The average Bonchev–Trinajstić information content (AvgIpc) is 2.37. The fraction of sp³-hybridized carbons (Fsp3) is 0.143. The molecule has 1 N–H and O–H groups in total. The van der Waals surface area contributed by atoms with Gasteiger partial charge >= 0.3 is 0 Å². The van der Waals surface area contributed by atoms with Gasteiger partial charge in [-0.25, -0.2) is 0 Å². The lowest BCUT2D eigenvalue weighted by atomic mass is 10.2. The highest BCUT2D eigenvalue weighted by atomic mass is 32.2. The van der Waals surface area contributed by atoms with Crippen molar-refractivity contribution in [1.82, 2.24) is 0 Å². The van der Waals surface area contributed by atoms with Crippen LogP contribution in [0.4, 0.5) is 0 Å². The molecule has 0 aromatic heterocycles. The molecule has 2 aromatic rings. The summed E-state index contributed by atoms with van der Waals surface area (Å²) in [5.41, 5.74) is 1.58. The van der Waals surface area contributed by atoms with E-state index in [1.807, 2.05) is 30.3 Å². The molecule has 0 spiro atoms. The molecule has 0 bridgehead atoms. The minimum atomic E-state index is -3.99. The van der Waals surface area contributed by atoms with Gasteiger partial charge in [-0.1, -0.05) is 42.5 Å².